The molecule has 1 unspecified atom stereocenters. The Kier molecular flexibility index (Phi) is 5.73. The molecule has 4 heterocycles. The summed E-state index contributed by atoms with van der Waals surface area (Å²) in [5, 5.41) is 10.7. The van der Waals surface area contributed by atoms with E-state index >= 15 is 0 Å². The van der Waals surface area contributed by atoms with Crippen LogP contribution in [0.25, 0.3) is 22.3 Å². The SMILES string of the molecule is Cc1ncc(NC(=O)C2C[C@@H]3CC(F)(F)C[C@@H]3C2)cc1NC(=O)c1cnc2[nH]c(-c3cnn(C)c3)cc2c1. The third-order valence-electron chi connectivity index (χ3n) is 7.68. The van der Waals surface area contributed by atoms with Gasteiger partial charge in [-0.3, -0.25) is 19.3 Å². The Morgan fingerprint density at radius 2 is 1.82 bits per heavy atom. The summed E-state index contributed by atoms with van der Waals surface area (Å²) in [6.45, 7) is 1.76. The van der Waals surface area contributed by atoms with Crippen LogP contribution in [0.1, 0.15) is 41.7 Å². The van der Waals surface area contributed by atoms with E-state index in [9.17, 15) is 18.4 Å². The zero-order valence-corrected chi connectivity index (χ0v) is 21.0. The Balaban J connectivity index is 1.14. The van der Waals surface area contributed by atoms with Gasteiger partial charge in [-0.25, -0.2) is 13.8 Å². The van der Waals surface area contributed by atoms with Crippen molar-refractivity contribution in [3.63, 3.8) is 0 Å². The van der Waals surface area contributed by atoms with E-state index in [1.165, 1.54) is 12.4 Å². The molecular formula is C27H27F2N7O2. The monoisotopic (exact) mass is 519 g/mol. The third-order valence-corrected chi connectivity index (χ3v) is 7.68. The number of alkyl halides is 2. The van der Waals surface area contributed by atoms with Crippen molar-refractivity contribution in [3.8, 4) is 11.3 Å². The number of nitrogens with zero attached hydrogens (tertiary/aromatic N) is 4. The van der Waals surface area contributed by atoms with Crippen molar-refractivity contribution in [2.75, 3.05) is 10.6 Å². The summed E-state index contributed by atoms with van der Waals surface area (Å²) in [5.41, 5.74) is 4.28. The number of carbonyl (C=O) groups excluding carboxylic acids is 2. The molecule has 0 spiro atoms. The number of hydrogen-bond donors (Lipinski definition) is 3. The third kappa shape index (κ3) is 4.64. The maximum absolute atomic E-state index is 13.6. The fourth-order valence-corrected chi connectivity index (χ4v) is 5.80. The number of H-pyrrole nitrogens is 1. The molecule has 0 aromatic carbocycles. The van der Waals surface area contributed by atoms with E-state index < -0.39 is 5.92 Å². The zero-order valence-electron chi connectivity index (χ0n) is 21.0. The molecular weight excluding hydrogens is 492 g/mol. The van der Waals surface area contributed by atoms with Crippen LogP contribution in [0.2, 0.25) is 0 Å². The highest BCUT2D eigenvalue weighted by molar-refractivity contribution is 6.06. The number of aryl methyl sites for hydroxylation is 2. The summed E-state index contributed by atoms with van der Waals surface area (Å²) in [7, 11) is 1.84. The van der Waals surface area contributed by atoms with Gasteiger partial charge in [-0.15, -0.1) is 0 Å². The minimum atomic E-state index is -2.60. The quantitative estimate of drug-likeness (QED) is 0.346. The van der Waals surface area contributed by atoms with E-state index in [0.717, 1.165) is 16.6 Å². The highest BCUT2D eigenvalue weighted by Crippen LogP contribution is 2.53. The van der Waals surface area contributed by atoms with Crippen molar-refractivity contribution in [2.45, 2.75) is 38.5 Å². The lowest BCUT2D eigenvalue weighted by molar-refractivity contribution is -0.120. The highest BCUT2D eigenvalue weighted by Gasteiger charge is 2.51. The fraction of sp³-hybridized carbons (Fsp3) is 0.370. The van der Waals surface area contributed by atoms with Gasteiger partial charge in [-0.2, -0.15) is 5.10 Å². The van der Waals surface area contributed by atoms with Gasteiger partial charge >= 0.3 is 0 Å². The average molecular weight is 520 g/mol. The topological polar surface area (TPSA) is 118 Å². The Morgan fingerprint density at radius 1 is 1.05 bits per heavy atom. The summed E-state index contributed by atoms with van der Waals surface area (Å²) in [5.74, 6) is -3.65. The predicted molar refractivity (Wildman–Crippen MR) is 138 cm³/mol. The number of nitrogens with one attached hydrogen (secondary N) is 3. The molecule has 4 aromatic rings. The van der Waals surface area contributed by atoms with Crippen LogP contribution in [0.5, 0.6) is 0 Å². The molecule has 11 heteroatoms. The van der Waals surface area contributed by atoms with Gasteiger partial charge in [0.25, 0.3) is 5.91 Å². The number of aromatic nitrogens is 5. The number of amides is 2. The van der Waals surface area contributed by atoms with Crippen molar-refractivity contribution >= 4 is 34.2 Å². The average Bonchev–Trinajstić information content (AvgIpc) is 3.62. The van der Waals surface area contributed by atoms with Gasteiger partial charge in [0.2, 0.25) is 11.8 Å². The van der Waals surface area contributed by atoms with Crippen LogP contribution in [0.4, 0.5) is 20.2 Å². The first-order valence-corrected chi connectivity index (χ1v) is 12.6. The molecule has 3 N–H and O–H groups in total. The number of pyridine rings is 2. The first-order valence-electron chi connectivity index (χ1n) is 12.6. The number of aromatic amines is 1. The molecule has 0 aliphatic heterocycles. The van der Waals surface area contributed by atoms with Crippen LogP contribution < -0.4 is 10.6 Å². The first-order chi connectivity index (χ1) is 18.1. The van der Waals surface area contributed by atoms with Gasteiger partial charge in [-0.1, -0.05) is 0 Å². The first kappa shape index (κ1) is 24.2. The highest BCUT2D eigenvalue weighted by atomic mass is 19.3. The summed E-state index contributed by atoms with van der Waals surface area (Å²) in [6.07, 6.45) is 7.36. The van der Waals surface area contributed by atoms with Crippen LogP contribution in [0.15, 0.2) is 43.0 Å². The number of halogens is 2. The lowest BCUT2D eigenvalue weighted by Gasteiger charge is -2.15. The Bertz CT molecular complexity index is 1540. The van der Waals surface area contributed by atoms with Gasteiger partial charge in [0.05, 0.1) is 40.7 Å². The van der Waals surface area contributed by atoms with Crippen LogP contribution in [0.3, 0.4) is 0 Å². The van der Waals surface area contributed by atoms with Crippen molar-refractivity contribution in [3.05, 3.63) is 54.2 Å². The fourth-order valence-electron chi connectivity index (χ4n) is 5.80. The standard InChI is InChI=1S/C27H27F2N7O2/c1-14-22(7-21(12-30-14)33-25(37)16-4-17-8-27(28,29)9-18(17)5-16)35-26(38)19-3-15-6-23(34-24(15)31-10-19)20-11-32-36(2)13-20/h3,6-7,10-13,16-18H,4-5,8-9H2,1-2H3,(H,31,34)(H,33,37)(H,35,38)/t16?,17-,18+. The predicted octanol–water partition coefficient (Wildman–Crippen LogP) is 4.93. The van der Waals surface area contributed by atoms with Crippen LogP contribution in [-0.2, 0) is 11.8 Å². The molecule has 196 valence electrons. The van der Waals surface area contributed by atoms with E-state index in [4.69, 9.17) is 0 Å². The molecule has 4 aromatic heterocycles. The second kappa shape index (κ2) is 9.00. The molecule has 0 bridgehead atoms. The molecule has 3 atom stereocenters. The Morgan fingerprint density at radius 3 is 2.53 bits per heavy atom. The maximum atomic E-state index is 13.6. The Hall–Kier alpha value is -4.15. The summed E-state index contributed by atoms with van der Waals surface area (Å²) in [4.78, 5) is 37.8. The molecule has 6 rings (SSSR count). The number of fused-ring (bicyclic) bond motifs is 2. The number of hydrogen-bond acceptors (Lipinski definition) is 5. The summed E-state index contributed by atoms with van der Waals surface area (Å²) < 4.78 is 29.0. The van der Waals surface area contributed by atoms with E-state index in [2.05, 4.69) is 30.7 Å². The molecule has 9 nitrogen and oxygen atoms in total. The van der Waals surface area contributed by atoms with E-state index in [1.54, 1.807) is 29.9 Å². The van der Waals surface area contributed by atoms with Crippen LogP contribution >= 0.6 is 0 Å². The zero-order chi connectivity index (χ0) is 26.6. The van der Waals surface area contributed by atoms with Gasteiger partial charge in [0, 0.05) is 49.2 Å². The number of carbonyl (C=O) groups is 2. The second-order valence-corrected chi connectivity index (χ2v) is 10.5. The summed E-state index contributed by atoms with van der Waals surface area (Å²) >= 11 is 0. The van der Waals surface area contributed by atoms with Gasteiger partial charge in [-0.05, 0) is 49.8 Å². The number of rotatable bonds is 5. The minimum Gasteiger partial charge on any atom is -0.339 e. The normalized spacial score (nSPS) is 21.9. The minimum absolute atomic E-state index is 0.0989. The molecule has 2 aliphatic carbocycles. The molecule has 2 amide bonds. The van der Waals surface area contributed by atoms with Crippen LogP contribution in [-0.4, -0.2) is 42.5 Å². The van der Waals surface area contributed by atoms with E-state index in [1.807, 2.05) is 19.3 Å². The maximum Gasteiger partial charge on any atom is 0.257 e. The summed E-state index contributed by atoms with van der Waals surface area (Å²) in [6, 6.07) is 5.32. The molecule has 38 heavy (non-hydrogen) atoms. The number of anilines is 2. The molecule has 2 fully saturated rings. The van der Waals surface area contributed by atoms with E-state index in [0.29, 0.717) is 41.1 Å². The largest absolute Gasteiger partial charge is 0.339 e. The lowest BCUT2D eigenvalue weighted by atomic mass is 10.0. The van der Waals surface area contributed by atoms with Crippen molar-refractivity contribution < 1.29 is 18.4 Å². The molecule has 2 aliphatic rings. The molecule has 2 saturated carbocycles. The Labute approximate surface area is 217 Å². The van der Waals surface area contributed by atoms with Gasteiger partial charge < -0.3 is 15.6 Å². The van der Waals surface area contributed by atoms with Crippen molar-refractivity contribution in [2.24, 2.45) is 24.8 Å². The molecule has 0 saturated heterocycles. The van der Waals surface area contributed by atoms with Crippen LogP contribution in [0, 0.1) is 24.7 Å². The van der Waals surface area contributed by atoms with E-state index in [-0.39, 0.29) is 42.4 Å². The van der Waals surface area contributed by atoms with Gasteiger partial charge in [0.1, 0.15) is 5.65 Å². The van der Waals surface area contributed by atoms with Gasteiger partial charge in [0.15, 0.2) is 0 Å². The molecule has 0 radical (unpaired) electrons. The van der Waals surface area contributed by atoms with Crippen molar-refractivity contribution in [1.29, 1.82) is 0 Å². The second-order valence-electron chi connectivity index (χ2n) is 10.5. The lowest BCUT2D eigenvalue weighted by Crippen LogP contribution is -2.23. The smallest absolute Gasteiger partial charge is 0.257 e. The van der Waals surface area contributed by atoms with Crippen molar-refractivity contribution in [1.82, 2.24) is 24.7 Å².